The molecule has 0 atom stereocenters. The Morgan fingerprint density at radius 3 is 2.92 bits per heavy atom. The van der Waals surface area contributed by atoms with Crippen molar-refractivity contribution in [2.24, 2.45) is 0 Å². The van der Waals surface area contributed by atoms with E-state index in [-0.39, 0.29) is 5.91 Å². The maximum absolute atomic E-state index is 11.1. The van der Waals surface area contributed by atoms with Crippen LogP contribution in [-0.2, 0) is 0 Å². The van der Waals surface area contributed by atoms with Gasteiger partial charge in [0, 0.05) is 7.05 Å². The summed E-state index contributed by atoms with van der Waals surface area (Å²) in [6.45, 7) is 1.71. The zero-order chi connectivity index (χ0) is 9.14. The zero-order valence-corrected chi connectivity index (χ0v) is 7.53. The highest BCUT2D eigenvalue weighted by Gasteiger charge is 2.15. The molecule has 1 N–H and O–H groups in total. The summed E-state index contributed by atoms with van der Waals surface area (Å²) < 4.78 is 3.91. The van der Waals surface area contributed by atoms with Crippen LogP contribution in [0.5, 0.6) is 0 Å². The van der Waals surface area contributed by atoms with Gasteiger partial charge in [-0.2, -0.15) is 9.64 Å². The minimum absolute atomic E-state index is 0.253. The van der Waals surface area contributed by atoms with Crippen molar-refractivity contribution in [1.82, 2.24) is 9.69 Å². The van der Waals surface area contributed by atoms with Gasteiger partial charge < -0.3 is 5.32 Å². The van der Waals surface area contributed by atoms with Gasteiger partial charge in [-0.3, -0.25) is 4.79 Å². The Hall–Kier alpha value is -1.41. The normalized spacial score (nSPS) is 9.08. The first-order valence-corrected chi connectivity index (χ1v) is 4.06. The predicted octanol–water partition coefficient (Wildman–Crippen LogP) is 0.683. The minimum atomic E-state index is -0.253. The summed E-state index contributed by atoms with van der Waals surface area (Å²) in [6.07, 6.45) is 0. The van der Waals surface area contributed by atoms with Crippen LogP contribution in [0.2, 0.25) is 0 Å². The number of amides is 1. The van der Waals surface area contributed by atoms with E-state index in [1.54, 1.807) is 6.92 Å². The molecule has 0 aliphatic carbocycles. The molecule has 0 aliphatic heterocycles. The molecule has 1 aromatic rings. The first kappa shape index (κ1) is 8.68. The third-order valence-corrected chi connectivity index (χ3v) is 2.35. The second-order valence-corrected chi connectivity index (χ2v) is 2.94. The average Bonchev–Trinajstić information content (AvgIpc) is 2.45. The molecule has 0 aliphatic rings. The van der Waals surface area contributed by atoms with Gasteiger partial charge in [0.25, 0.3) is 5.91 Å². The number of hydrogen-bond acceptors (Lipinski definition) is 4. The molecule has 4 nitrogen and oxygen atoms in total. The van der Waals surface area contributed by atoms with Crippen LogP contribution in [0.15, 0.2) is 0 Å². The first-order valence-electron chi connectivity index (χ1n) is 3.29. The number of nitrogens with zero attached hydrogens (tertiary/aromatic N) is 2. The fourth-order valence-electron chi connectivity index (χ4n) is 0.770. The molecule has 0 radical (unpaired) electrons. The Bertz CT molecular complexity index is 350. The van der Waals surface area contributed by atoms with Gasteiger partial charge in [0.15, 0.2) is 0 Å². The summed E-state index contributed by atoms with van der Waals surface area (Å²) in [5.74, 6) is -0.253. The summed E-state index contributed by atoms with van der Waals surface area (Å²) in [7, 11) is 1.53. The highest BCUT2D eigenvalue weighted by Crippen LogP contribution is 2.16. The van der Waals surface area contributed by atoms with Crippen molar-refractivity contribution in [3.63, 3.8) is 0 Å². The average molecular weight is 181 g/mol. The topological polar surface area (TPSA) is 65.8 Å². The van der Waals surface area contributed by atoms with E-state index in [0.717, 1.165) is 11.5 Å². The lowest BCUT2D eigenvalue weighted by Crippen LogP contribution is -2.17. The molecule has 0 saturated heterocycles. The molecule has 0 saturated carbocycles. The third-order valence-electron chi connectivity index (χ3n) is 1.41. The van der Waals surface area contributed by atoms with Crippen molar-refractivity contribution >= 4 is 17.4 Å². The largest absolute Gasteiger partial charge is 0.354 e. The fourth-order valence-corrected chi connectivity index (χ4v) is 1.56. The lowest BCUT2D eigenvalue weighted by atomic mass is 10.2. The van der Waals surface area contributed by atoms with Gasteiger partial charge in [-0.1, -0.05) is 0 Å². The summed E-state index contributed by atoms with van der Waals surface area (Å²) in [5, 5.41) is 11.1. The number of hydrogen-bond donors (Lipinski definition) is 1. The van der Waals surface area contributed by atoms with Crippen LogP contribution in [0.4, 0.5) is 0 Å². The van der Waals surface area contributed by atoms with Crippen molar-refractivity contribution in [1.29, 1.82) is 5.26 Å². The molecular formula is C7H7N3OS. The van der Waals surface area contributed by atoms with Crippen LogP contribution in [0.1, 0.15) is 20.9 Å². The molecule has 0 aromatic carbocycles. The van der Waals surface area contributed by atoms with E-state index in [1.165, 1.54) is 7.05 Å². The van der Waals surface area contributed by atoms with E-state index in [9.17, 15) is 4.79 Å². The maximum atomic E-state index is 11.1. The molecule has 1 aromatic heterocycles. The van der Waals surface area contributed by atoms with Gasteiger partial charge in [-0.25, -0.2) is 0 Å². The van der Waals surface area contributed by atoms with Gasteiger partial charge >= 0.3 is 0 Å². The number of aromatic nitrogens is 1. The Balaban J connectivity index is 3.18. The Labute approximate surface area is 74.0 Å². The van der Waals surface area contributed by atoms with Gasteiger partial charge in [0.2, 0.25) is 0 Å². The van der Waals surface area contributed by atoms with Crippen LogP contribution in [-0.4, -0.2) is 17.3 Å². The van der Waals surface area contributed by atoms with Crippen LogP contribution in [0.25, 0.3) is 0 Å². The molecule has 1 heterocycles. The lowest BCUT2D eigenvalue weighted by Gasteiger charge is -1.93. The van der Waals surface area contributed by atoms with Crippen LogP contribution >= 0.6 is 11.5 Å². The summed E-state index contributed by atoms with van der Waals surface area (Å²) >= 11 is 1.05. The van der Waals surface area contributed by atoms with E-state index < -0.39 is 0 Å². The standard InChI is InChI=1S/C7H7N3OS/c1-4-5(3-8)6(12-10-4)7(11)9-2/h1-2H3,(H,9,11). The molecule has 0 spiro atoms. The smallest absolute Gasteiger partial charge is 0.264 e. The maximum Gasteiger partial charge on any atom is 0.264 e. The fraction of sp³-hybridized carbons (Fsp3) is 0.286. The van der Waals surface area contributed by atoms with E-state index in [0.29, 0.717) is 16.1 Å². The summed E-state index contributed by atoms with van der Waals surface area (Å²) in [4.78, 5) is 11.5. The number of rotatable bonds is 1. The second-order valence-electron chi connectivity index (χ2n) is 2.16. The molecule has 1 rings (SSSR count). The van der Waals surface area contributed by atoms with Gasteiger partial charge in [-0.15, -0.1) is 0 Å². The number of nitriles is 1. The van der Waals surface area contributed by atoms with Crippen molar-refractivity contribution in [2.45, 2.75) is 6.92 Å². The molecule has 1 amide bonds. The second kappa shape index (κ2) is 3.32. The van der Waals surface area contributed by atoms with Crippen LogP contribution in [0, 0.1) is 18.3 Å². The number of nitrogens with one attached hydrogen (secondary N) is 1. The van der Waals surface area contributed by atoms with Crippen LogP contribution in [0.3, 0.4) is 0 Å². The van der Waals surface area contributed by atoms with Gasteiger partial charge in [0.05, 0.1) is 11.3 Å². The van der Waals surface area contributed by atoms with Gasteiger partial charge in [-0.05, 0) is 18.5 Å². The van der Waals surface area contributed by atoms with Crippen molar-refractivity contribution < 1.29 is 4.79 Å². The quantitative estimate of drug-likeness (QED) is 0.693. The first-order chi connectivity index (χ1) is 5.70. The SMILES string of the molecule is CNC(=O)c1snc(C)c1C#N. The summed E-state index contributed by atoms with van der Waals surface area (Å²) in [5.41, 5.74) is 0.987. The van der Waals surface area contributed by atoms with E-state index in [2.05, 4.69) is 9.69 Å². The molecule has 12 heavy (non-hydrogen) atoms. The highest BCUT2D eigenvalue weighted by atomic mass is 32.1. The molecule has 0 fully saturated rings. The number of carbonyl (C=O) groups is 1. The molecule has 5 heteroatoms. The van der Waals surface area contributed by atoms with Gasteiger partial charge in [0.1, 0.15) is 10.9 Å². The van der Waals surface area contributed by atoms with E-state index in [4.69, 9.17) is 5.26 Å². The minimum Gasteiger partial charge on any atom is -0.354 e. The number of carbonyl (C=O) groups excluding carboxylic acids is 1. The van der Waals surface area contributed by atoms with Crippen molar-refractivity contribution in [3.8, 4) is 6.07 Å². The Morgan fingerprint density at radius 1 is 1.75 bits per heavy atom. The third kappa shape index (κ3) is 1.29. The molecule has 62 valence electrons. The lowest BCUT2D eigenvalue weighted by molar-refractivity contribution is 0.0967. The zero-order valence-electron chi connectivity index (χ0n) is 6.71. The Kier molecular flexibility index (Phi) is 2.41. The molecule has 0 unspecified atom stereocenters. The highest BCUT2D eigenvalue weighted by molar-refractivity contribution is 7.08. The van der Waals surface area contributed by atoms with Crippen molar-refractivity contribution in [3.05, 3.63) is 16.1 Å². The molecule has 0 bridgehead atoms. The van der Waals surface area contributed by atoms with E-state index >= 15 is 0 Å². The van der Waals surface area contributed by atoms with Crippen molar-refractivity contribution in [2.75, 3.05) is 7.05 Å². The monoisotopic (exact) mass is 181 g/mol. The number of aryl methyl sites for hydroxylation is 1. The predicted molar refractivity (Wildman–Crippen MR) is 45.0 cm³/mol. The van der Waals surface area contributed by atoms with E-state index in [1.807, 2.05) is 6.07 Å². The Morgan fingerprint density at radius 2 is 2.42 bits per heavy atom. The van der Waals surface area contributed by atoms with Crippen LogP contribution < -0.4 is 5.32 Å². The summed E-state index contributed by atoms with van der Waals surface area (Å²) in [6, 6.07) is 1.95. The molecular weight excluding hydrogens is 174 g/mol.